The summed E-state index contributed by atoms with van der Waals surface area (Å²) in [4.78, 5) is 0. The number of furan rings is 1. The van der Waals surface area contributed by atoms with Crippen molar-refractivity contribution < 1.29 is 29.9 Å². The lowest BCUT2D eigenvalue weighted by atomic mass is 9.84. The van der Waals surface area contributed by atoms with E-state index >= 15 is 0 Å². The molecule has 0 atom stereocenters. The van der Waals surface area contributed by atoms with Crippen molar-refractivity contribution in [3.8, 4) is 51.0 Å². The summed E-state index contributed by atoms with van der Waals surface area (Å²) in [7, 11) is 0. The van der Waals surface area contributed by atoms with Crippen LogP contribution in [0.25, 0.3) is 65.7 Å². The van der Waals surface area contributed by atoms with Gasteiger partial charge < -0.3 is 29.9 Å². The smallest absolute Gasteiger partial charge is 0.208 e. The first-order chi connectivity index (χ1) is 18.9. The molecule has 0 saturated heterocycles. The van der Waals surface area contributed by atoms with Gasteiger partial charge in [-0.2, -0.15) is 0 Å². The molecule has 6 aromatic carbocycles. The average Bonchev–Trinajstić information content (AvgIpc) is 3.35. The minimum Gasteiger partial charge on any atom is -0.504 e. The van der Waals surface area contributed by atoms with Crippen molar-refractivity contribution in [3.05, 3.63) is 90.5 Å². The number of hydrogen-bond acceptors (Lipinski definition) is 6. The van der Waals surface area contributed by atoms with Crippen molar-refractivity contribution in [1.29, 1.82) is 0 Å². The van der Waals surface area contributed by atoms with Crippen molar-refractivity contribution in [2.45, 2.75) is 6.92 Å². The summed E-state index contributed by atoms with van der Waals surface area (Å²) in [5.41, 5.74) is 4.76. The third kappa shape index (κ3) is 3.03. The van der Waals surface area contributed by atoms with E-state index in [9.17, 15) is 25.5 Å². The Morgan fingerprint density at radius 2 is 0.949 bits per heavy atom. The van der Waals surface area contributed by atoms with Crippen LogP contribution in [0.2, 0.25) is 0 Å². The monoisotopic (exact) mass is 514 g/mol. The zero-order chi connectivity index (χ0) is 27.0. The number of phenols is 5. The van der Waals surface area contributed by atoms with Crippen LogP contribution in [-0.4, -0.2) is 25.5 Å². The Bertz CT molecular complexity index is 2050. The Labute approximate surface area is 221 Å². The number of hydrogen-bond donors (Lipinski definition) is 5. The first-order valence-electron chi connectivity index (χ1n) is 12.4. The summed E-state index contributed by atoms with van der Waals surface area (Å²) in [5.74, 6) is -4.29. The van der Waals surface area contributed by atoms with E-state index in [1.54, 1.807) is 0 Å². The summed E-state index contributed by atoms with van der Waals surface area (Å²) in [6.07, 6.45) is 0. The highest BCUT2D eigenvalue weighted by molar-refractivity contribution is 6.26. The van der Waals surface area contributed by atoms with E-state index in [4.69, 9.17) is 4.42 Å². The van der Waals surface area contributed by atoms with Gasteiger partial charge in [-0.05, 0) is 51.2 Å². The maximum absolute atomic E-state index is 10.9. The molecule has 0 spiro atoms. The molecule has 0 unspecified atom stereocenters. The van der Waals surface area contributed by atoms with E-state index in [1.807, 2.05) is 79.7 Å². The molecular formula is C33H22O6. The van der Waals surface area contributed by atoms with Crippen LogP contribution in [0.5, 0.6) is 28.7 Å². The Morgan fingerprint density at radius 3 is 1.54 bits per heavy atom. The van der Waals surface area contributed by atoms with Gasteiger partial charge in [-0.1, -0.05) is 78.9 Å². The number of benzene rings is 6. The summed E-state index contributed by atoms with van der Waals surface area (Å²) < 4.78 is 6.29. The van der Waals surface area contributed by atoms with Crippen molar-refractivity contribution in [3.63, 3.8) is 0 Å². The molecule has 190 valence electrons. The van der Waals surface area contributed by atoms with Crippen molar-refractivity contribution in [2.24, 2.45) is 0 Å². The molecule has 1 aromatic heterocycles. The van der Waals surface area contributed by atoms with E-state index in [-0.39, 0.29) is 5.56 Å². The van der Waals surface area contributed by atoms with E-state index in [0.717, 1.165) is 49.4 Å². The Kier molecular flexibility index (Phi) is 4.72. The zero-order valence-electron chi connectivity index (χ0n) is 20.7. The second kappa shape index (κ2) is 8.07. The van der Waals surface area contributed by atoms with E-state index in [2.05, 4.69) is 12.1 Å². The number of para-hydroxylation sites is 1. The highest BCUT2D eigenvalue weighted by Gasteiger charge is 2.28. The topological polar surface area (TPSA) is 114 Å². The van der Waals surface area contributed by atoms with Crippen LogP contribution in [0.1, 0.15) is 5.56 Å². The molecule has 6 nitrogen and oxygen atoms in total. The van der Waals surface area contributed by atoms with Gasteiger partial charge in [-0.25, -0.2) is 0 Å². The minimum absolute atomic E-state index is 0.177. The van der Waals surface area contributed by atoms with Gasteiger partial charge in [0.15, 0.2) is 11.5 Å². The standard InChI is InChI=1S/C33H22O6/c1-16-8-6-14-22-25-21(13-7-15-23(25)39-33(16)22)24-17-9-2-4-11-19(17)26(20-12-5-3-10-18(20)24)27-28(34)30(36)32(38)31(37)29(27)35/h2-15,34-38H,1H3. The maximum Gasteiger partial charge on any atom is 0.208 e. The number of phenolic OH excluding ortho intramolecular Hbond substituents is 5. The third-order valence-corrected chi connectivity index (χ3v) is 7.54. The second-order valence-corrected chi connectivity index (χ2v) is 9.69. The molecule has 0 fully saturated rings. The van der Waals surface area contributed by atoms with Crippen LogP contribution >= 0.6 is 0 Å². The van der Waals surface area contributed by atoms with E-state index < -0.39 is 28.7 Å². The summed E-state index contributed by atoms with van der Waals surface area (Å²) in [6, 6.07) is 27.2. The molecule has 0 radical (unpaired) electrons. The highest BCUT2D eigenvalue weighted by atomic mass is 16.4. The Balaban J connectivity index is 1.71. The normalized spacial score (nSPS) is 11.7. The van der Waals surface area contributed by atoms with Crippen molar-refractivity contribution >= 4 is 43.5 Å². The predicted octanol–water partition coefficient (Wildman–Crippen LogP) is 8.06. The molecular weight excluding hydrogens is 492 g/mol. The van der Waals surface area contributed by atoms with Crippen LogP contribution in [0, 0.1) is 6.92 Å². The third-order valence-electron chi connectivity index (χ3n) is 7.54. The van der Waals surface area contributed by atoms with Gasteiger partial charge in [0.05, 0.1) is 5.56 Å². The number of rotatable bonds is 2. The molecule has 7 aromatic rings. The lowest BCUT2D eigenvalue weighted by molar-refractivity contribution is 0.330. The first-order valence-corrected chi connectivity index (χ1v) is 12.4. The molecule has 0 bridgehead atoms. The molecule has 0 aliphatic carbocycles. The molecule has 5 N–H and O–H groups in total. The van der Waals surface area contributed by atoms with Crippen molar-refractivity contribution in [1.82, 2.24) is 0 Å². The van der Waals surface area contributed by atoms with Crippen LogP contribution in [0.4, 0.5) is 0 Å². The quantitative estimate of drug-likeness (QED) is 0.0906. The molecule has 6 heteroatoms. The van der Waals surface area contributed by atoms with Crippen molar-refractivity contribution in [2.75, 3.05) is 0 Å². The van der Waals surface area contributed by atoms with E-state index in [0.29, 0.717) is 16.3 Å². The van der Waals surface area contributed by atoms with Gasteiger partial charge in [-0.3, -0.25) is 0 Å². The zero-order valence-corrected chi connectivity index (χ0v) is 20.7. The number of aryl methyl sites for hydroxylation is 1. The largest absolute Gasteiger partial charge is 0.504 e. The fraction of sp³-hybridized carbons (Fsp3) is 0.0303. The van der Waals surface area contributed by atoms with Gasteiger partial charge in [-0.15, -0.1) is 0 Å². The highest BCUT2D eigenvalue weighted by Crippen LogP contribution is 2.58. The molecule has 0 aliphatic rings. The summed E-state index contributed by atoms with van der Waals surface area (Å²) in [5, 5.41) is 57.5. The number of fused-ring (bicyclic) bond motifs is 5. The Morgan fingerprint density at radius 1 is 0.462 bits per heavy atom. The Hall–Kier alpha value is -5.36. The fourth-order valence-electron chi connectivity index (χ4n) is 5.81. The first kappa shape index (κ1) is 22.8. The van der Waals surface area contributed by atoms with Crippen LogP contribution in [-0.2, 0) is 0 Å². The van der Waals surface area contributed by atoms with Crippen LogP contribution in [0.3, 0.4) is 0 Å². The van der Waals surface area contributed by atoms with Gasteiger partial charge in [0.25, 0.3) is 0 Å². The van der Waals surface area contributed by atoms with Crippen LogP contribution < -0.4 is 0 Å². The summed E-state index contributed by atoms with van der Waals surface area (Å²) >= 11 is 0. The predicted molar refractivity (Wildman–Crippen MR) is 153 cm³/mol. The number of aromatic hydroxyl groups is 5. The van der Waals surface area contributed by atoms with Gasteiger partial charge in [0, 0.05) is 16.3 Å². The molecule has 0 amide bonds. The van der Waals surface area contributed by atoms with Gasteiger partial charge in [0.2, 0.25) is 17.2 Å². The lowest BCUT2D eigenvalue weighted by Gasteiger charge is -2.20. The molecule has 1 heterocycles. The second-order valence-electron chi connectivity index (χ2n) is 9.69. The SMILES string of the molecule is Cc1cccc2c1oc1cccc(-c3c4ccccc4c(-c4c(O)c(O)c(O)c(O)c4O)c4ccccc34)c12. The molecule has 39 heavy (non-hydrogen) atoms. The van der Waals surface area contributed by atoms with Gasteiger partial charge >= 0.3 is 0 Å². The summed E-state index contributed by atoms with van der Waals surface area (Å²) in [6.45, 7) is 2.02. The van der Waals surface area contributed by atoms with Gasteiger partial charge in [0.1, 0.15) is 11.2 Å². The molecule has 0 aliphatic heterocycles. The van der Waals surface area contributed by atoms with Crippen LogP contribution in [0.15, 0.2) is 89.3 Å². The maximum atomic E-state index is 10.9. The minimum atomic E-state index is -0.993. The molecule has 0 saturated carbocycles. The van der Waals surface area contributed by atoms with E-state index in [1.165, 1.54) is 0 Å². The lowest BCUT2D eigenvalue weighted by Crippen LogP contribution is -1.92. The fourth-order valence-corrected chi connectivity index (χ4v) is 5.81. The molecule has 7 rings (SSSR count). The average molecular weight is 515 g/mol.